The number of amides is 2. The average Bonchev–Trinajstić information content (AvgIpc) is 3.05. The maximum absolute atomic E-state index is 13.7. The smallest absolute Gasteiger partial charge is 0.321 e. The van der Waals surface area contributed by atoms with E-state index in [1.807, 2.05) is 34.1 Å². The van der Waals surface area contributed by atoms with Gasteiger partial charge in [-0.25, -0.2) is 4.79 Å². The van der Waals surface area contributed by atoms with Gasteiger partial charge in [-0.1, -0.05) is 42.5 Å². The van der Waals surface area contributed by atoms with Crippen LogP contribution in [0.2, 0.25) is 0 Å². The molecule has 34 heavy (non-hydrogen) atoms. The molecule has 0 radical (unpaired) electrons. The number of carbonyl (C=O) groups is 1. The van der Waals surface area contributed by atoms with Gasteiger partial charge in [0, 0.05) is 18.6 Å². The summed E-state index contributed by atoms with van der Waals surface area (Å²) < 4.78 is 5.28. The molecular formula is C28H39N3O3. The normalized spacial score (nSPS) is 25.4. The van der Waals surface area contributed by atoms with Crippen molar-refractivity contribution in [1.82, 2.24) is 14.7 Å². The van der Waals surface area contributed by atoms with E-state index < -0.39 is 5.60 Å². The number of hydrogen-bond donors (Lipinski definition) is 1. The molecule has 1 aliphatic carbocycles. The van der Waals surface area contributed by atoms with E-state index in [2.05, 4.69) is 49.3 Å². The van der Waals surface area contributed by atoms with Gasteiger partial charge in [0.05, 0.1) is 24.8 Å². The number of β-amino-alcohol motifs (C(OH)–C–C–N with tert-alkyl or cyclic N) is 1. The first-order valence-corrected chi connectivity index (χ1v) is 12.2. The minimum absolute atomic E-state index is 0.0232. The Morgan fingerprint density at radius 2 is 1.62 bits per heavy atom. The number of carbonyl (C=O) groups excluding carboxylic acids is 1. The summed E-state index contributed by atoms with van der Waals surface area (Å²) >= 11 is 0. The summed E-state index contributed by atoms with van der Waals surface area (Å²) in [5.74, 6) is 0.810. The molecular weight excluding hydrogens is 426 g/mol. The third-order valence-electron chi connectivity index (χ3n) is 7.81. The van der Waals surface area contributed by atoms with Crippen LogP contribution in [-0.4, -0.2) is 71.3 Å². The number of methoxy groups -OCH3 is 1. The topological polar surface area (TPSA) is 56.3 Å². The van der Waals surface area contributed by atoms with Crippen LogP contribution in [0.3, 0.4) is 0 Å². The van der Waals surface area contributed by atoms with Crippen molar-refractivity contribution in [3.8, 4) is 5.75 Å². The molecule has 0 unspecified atom stereocenters. The van der Waals surface area contributed by atoms with Gasteiger partial charge >= 0.3 is 6.03 Å². The standard InChI is InChI=1S/C28H39N3O3/c1-26(2,33)20-31-25(32)30(19-22-11-13-24(34-5)14-12-22)21-27(31)15-17-28(18-16-27,29(3)4)23-9-7-6-8-10-23/h6-14,33H,15-21H2,1-5H3. The second-order valence-corrected chi connectivity index (χ2v) is 10.9. The molecule has 6 nitrogen and oxygen atoms in total. The molecule has 0 atom stereocenters. The first-order valence-electron chi connectivity index (χ1n) is 12.2. The number of ether oxygens (including phenoxy) is 1. The second kappa shape index (κ2) is 9.23. The lowest BCUT2D eigenvalue weighted by molar-refractivity contribution is -0.0130. The van der Waals surface area contributed by atoms with Gasteiger partial charge in [0.15, 0.2) is 0 Å². The molecule has 1 saturated carbocycles. The molecule has 0 bridgehead atoms. The Bertz CT molecular complexity index is 974. The molecule has 2 aromatic rings. The third-order valence-corrected chi connectivity index (χ3v) is 7.81. The zero-order valence-electron chi connectivity index (χ0n) is 21.3. The monoisotopic (exact) mass is 465 g/mol. The van der Waals surface area contributed by atoms with Crippen molar-refractivity contribution in [3.05, 3.63) is 65.7 Å². The van der Waals surface area contributed by atoms with E-state index in [-0.39, 0.29) is 17.1 Å². The Labute approximate surface area is 204 Å². The fourth-order valence-corrected chi connectivity index (χ4v) is 5.88. The highest BCUT2D eigenvalue weighted by Crippen LogP contribution is 2.49. The molecule has 2 fully saturated rings. The molecule has 1 aliphatic heterocycles. The van der Waals surface area contributed by atoms with E-state index in [1.54, 1.807) is 21.0 Å². The van der Waals surface area contributed by atoms with Crippen molar-refractivity contribution in [1.29, 1.82) is 0 Å². The maximum atomic E-state index is 13.7. The van der Waals surface area contributed by atoms with Crippen LogP contribution in [0.15, 0.2) is 54.6 Å². The Hall–Kier alpha value is -2.57. The summed E-state index contributed by atoms with van der Waals surface area (Å²) in [6.45, 7) is 5.16. The molecule has 2 aliphatic rings. The van der Waals surface area contributed by atoms with Gasteiger partial charge in [0.2, 0.25) is 0 Å². The van der Waals surface area contributed by atoms with Crippen LogP contribution in [0, 0.1) is 0 Å². The molecule has 1 saturated heterocycles. The van der Waals surface area contributed by atoms with Crippen LogP contribution in [0.5, 0.6) is 5.75 Å². The molecule has 2 aromatic carbocycles. The number of hydrogen-bond acceptors (Lipinski definition) is 4. The number of aliphatic hydroxyl groups is 1. The lowest BCUT2D eigenvalue weighted by atomic mass is 9.68. The van der Waals surface area contributed by atoms with Gasteiger partial charge in [-0.15, -0.1) is 0 Å². The van der Waals surface area contributed by atoms with Crippen molar-refractivity contribution >= 4 is 6.03 Å². The second-order valence-electron chi connectivity index (χ2n) is 10.9. The van der Waals surface area contributed by atoms with Crippen molar-refractivity contribution in [2.45, 2.75) is 62.8 Å². The minimum atomic E-state index is -0.950. The lowest BCUT2D eigenvalue weighted by Crippen LogP contribution is -2.57. The van der Waals surface area contributed by atoms with E-state index in [0.717, 1.165) is 37.0 Å². The van der Waals surface area contributed by atoms with E-state index in [1.165, 1.54) is 5.56 Å². The molecule has 0 aromatic heterocycles. The zero-order chi connectivity index (χ0) is 24.6. The van der Waals surface area contributed by atoms with E-state index >= 15 is 0 Å². The number of urea groups is 1. The van der Waals surface area contributed by atoms with Gasteiger partial charge < -0.3 is 19.6 Å². The highest BCUT2D eigenvalue weighted by Gasteiger charge is 2.55. The summed E-state index contributed by atoms with van der Waals surface area (Å²) in [6.07, 6.45) is 3.74. The minimum Gasteiger partial charge on any atom is -0.497 e. The van der Waals surface area contributed by atoms with Gasteiger partial charge in [-0.2, -0.15) is 0 Å². The van der Waals surface area contributed by atoms with Gasteiger partial charge in [0.25, 0.3) is 0 Å². The van der Waals surface area contributed by atoms with Crippen molar-refractivity contribution in [2.24, 2.45) is 0 Å². The lowest BCUT2D eigenvalue weighted by Gasteiger charge is -2.51. The Morgan fingerprint density at radius 1 is 1.00 bits per heavy atom. The van der Waals surface area contributed by atoms with Crippen LogP contribution >= 0.6 is 0 Å². The van der Waals surface area contributed by atoms with E-state index in [9.17, 15) is 9.90 Å². The van der Waals surface area contributed by atoms with Crippen LogP contribution in [-0.2, 0) is 12.1 Å². The van der Waals surface area contributed by atoms with E-state index in [4.69, 9.17) is 4.74 Å². The third kappa shape index (κ3) is 4.66. The van der Waals surface area contributed by atoms with E-state index in [0.29, 0.717) is 19.6 Å². The van der Waals surface area contributed by atoms with Crippen LogP contribution in [0.25, 0.3) is 0 Å². The van der Waals surface area contributed by atoms with Crippen molar-refractivity contribution < 1.29 is 14.6 Å². The Morgan fingerprint density at radius 3 is 2.15 bits per heavy atom. The van der Waals surface area contributed by atoms with Crippen LogP contribution in [0.1, 0.15) is 50.7 Å². The molecule has 4 rings (SSSR count). The molecule has 1 heterocycles. The van der Waals surface area contributed by atoms with Gasteiger partial charge in [0.1, 0.15) is 5.75 Å². The highest BCUT2D eigenvalue weighted by atomic mass is 16.5. The quantitative estimate of drug-likeness (QED) is 0.655. The molecule has 2 amide bonds. The molecule has 184 valence electrons. The average molecular weight is 466 g/mol. The summed E-state index contributed by atoms with van der Waals surface area (Å²) in [5, 5.41) is 10.7. The van der Waals surface area contributed by atoms with Gasteiger partial charge in [-0.05, 0) is 76.9 Å². The first-order chi connectivity index (χ1) is 16.1. The maximum Gasteiger partial charge on any atom is 0.321 e. The van der Waals surface area contributed by atoms with Gasteiger partial charge in [-0.3, -0.25) is 4.90 Å². The largest absolute Gasteiger partial charge is 0.497 e. The van der Waals surface area contributed by atoms with Crippen LogP contribution in [0.4, 0.5) is 4.79 Å². The zero-order valence-corrected chi connectivity index (χ0v) is 21.3. The number of nitrogens with zero attached hydrogens (tertiary/aromatic N) is 3. The van der Waals surface area contributed by atoms with Crippen LogP contribution < -0.4 is 4.74 Å². The summed E-state index contributed by atoms with van der Waals surface area (Å²) in [5.41, 5.74) is 1.16. The summed E-state index contributed by atoms with van der Waals surface area (Å²) in [7, 11) is 5.98. The fraction of sp³-hybridized carbons (Fsp3) is 0.536. The Balaban J connectivity index is 1.60. The van der Waals surface area contributed by atoms with Crippen molar-refractivity contribution in [2.75, 3.05) is 34.3 Å². The number of rotatable bonds is 7. The SMILES string of the molecule is COc1ccc(CN2CC3(CCC(c4ccccc4)(N(C)C)CC3)N(CC(C)(C)O)C2=O)cc1. The predicted octanol–water partition coefficient (Wildman–Crippen LogP) is 4.47. The Kier molecular flexibility index (Phi) is 6.67. The summed E-state index contributed by atoms with van der Waals surface area (Å²) in [6, 6.07) is 18.7. The first kappa shape index (κ1) is 24.6. The molecule has 6 heteroatoms. The number of benzene rings is 2. The predicted molar refractivity (Wildman–Crippen MR) is 135 cm³/mol. The fourth-order valence-electron chi connectivity index (χ4n) is 5.88. The summed E-state index contributed by atoms with van der Waals surface area (Å²) in [4.78, 5) is 19.9. The highest BCUT2D eigenvalue weighted by molar-refractivity contribution is 5.78. The molecule has 1 N–H and O–H groups in total. The van der Waals surface area contributed by atoms with Crippen molar-refractivity contribution in [3.63, 3.8) is 0 Å². The molecule has 1 spiro atoms.